The molecule has 0 aromatic heterocycles. The maximum atomic E-state index is 12.7. The summed E-state index contributed by atoms with van der Waals surface area (Å²) in [6, 6.07) is 18.7. The number of nitrogens with one attached hydrogen (secondary N) is 1. The van der Waals surface area contributed by atoms with Crippen molar-refractivity contribution in [2.75, 3.05) is 55.1 Å². The lowest BCUT2D eigenvalue weighted by atomic mass is 10.1. The van der Waals surface area contributed by atoms with Gasteiger partial charge in [0.25, 0.3) is 0 Å². The van der Waals surface area contributed by atoms with Gasteiger partial charge >= 0.3 is 0 Å². The highest BCUT2D eigenvalue weighted by molar-refractivity contribution is 7.89. The monoisotopic (exact) mass is 543 g/mol. The first-order valence-electron chi connectivity index (χ1n) is 12.5. The Morgan fingerprint density at radius 3 is 1.92 bits per heavy atom. The molecule has 1 N–H and O–H groups in total. The van der Waals surface area contributed by atoms with E-state index in [4.69, 9.17) is 18.9 Å². The van der Waals surface area contributed by atoms with Crippen LogP contribution < -0.4 is 28.2 Å². The molecule has 3 rings (SSSR count). The Kier molecular flexibility index (Phi) is 10.0. The normalized spacial score (nSPS) is 13.0. The molecular weight excluding hydrogens is 504 g/mol. The van der Waals surface area contributed by atoms with Gasteiger partial charge in [-0.2, -0.15) is 0 Å². The van der Waals surface area contributed by atoms with Gasteiger partial charge in [0.05, 0.1) is 53.5 Å². The van der Waals surface area contributed by atoms with Gasteiger partial charge in [-0.3, -0.25) is 4.48 Å². The van der Waals surface area contributed by atoms with Gasteiger partial charge in [0.1, 0.15) is 5.69 Å². The molecule has 0 radical (unpaired) electrons. The van der Waals surface area contributed by atoms with Crippen molar-refractivity contribution in [1.29, 1.82) is 0 Å². The highest BCUT2D eigenvalue weighted by Crippen LogP contribution is 2.34. The van der Waals surface area contributed by atoms with Gasteiger partial charge < -0.3 is 18.9 Å². The minimum atomic E-state index is -3.57. The third-order valence-electron chi connectivity index (χ3n) is 6.78. The quantitative estimate of drug-likeness (QED) is 0.237. The molecule has 206 valence electrons. The van der Waals surface area contributed by atoms with Crippen LogP contribution in [0.2, 0.25) is 0 Å². The summed E-state index contributed by atoms with van der Waals surface area (Å²) in [5.41, 5.74) is 3.18. The summed E-state index contributed by atoms with van der Waals surface area (Å²) in [6.07, 6.45) is 1.42. The van der Waals surface area contributed by atoms with E-state index in [0.29, 0.717) is 47.0 Å². The van der Waals surface area contributed by atoms with Crippen molar-refractivity contribution in [2.24, 2.45) is 0 Å². The number of hydrogen-bond donors (Lipinski definition) is 1. The molecule has 0 amide bonds. The topological polar surface area (TPSA) is 83.1 Å². The fraction of sp³-hybridized carbons (Fsp3) is 0.379. The average Bonchev–Trinajstić information content (AvgIpc) is 2.93. The molecule has 38 heavy (non-hydrogen) atoms. The van der Waals surface area contributed by atoms with E-state index in [0.717, 1.165) is 29.8 Å². The third-order valence-corrected chi connectivity index (χ3v) is 8.26. The van der Waals surface area contributed by atoms with Crippen molar-refractivity contribution < 1.29 is 27.4 Å². The lowest BCUT2D eigenvalue weighted by Gasteiger charge is -2.35. The minimum Gasteiger partial charge on any atom is -0.493 e. The lowest BCUT2D eigenvalue weighted by Crippen LogP contribution is -2.48. The summed E-state index contributed by atoms with van der Waals surface area (Å²) in [5.74, 6) is 2.69. The average molecular weight is 544 g/mol. The Morgan fingerprint density at radius 1 is 0.737 bits per heavy atom. The number of likely N-dealkylation sites (N-methyl/N-ethyl adjacent to an activating group) is 1. The maximum absolute atomic E-state index is 12.7. The Hall–Kier alpha value is -3.27. The summed E-state index contributed by atoms with van der Waals surface area (Å²) in [5, 5.41) is 0. The molecule has 0 aliphatic rings. The van der Waals surface area contributed by atoms with E-state index in [-0.39, 0.29) is 4.90 Å². The first-order valence-corrected chi connectivity index (χ1v) is 14.0. The molecular formula is C29H39N2O6S+. The molecule has 3 aromatic carbocycles. The third kappa shape index (κ3) is 7.18. The lowest BCUT2D eigenvalue weighted by molar-refractivity contribution is 0.321. The smallest absolute Gasteiger partial charge is 0.240 e. The van der Waals surface area contributed by atoms with Crippen molar-refractivity contribution in [3.8, 4) is 23.0 Å². The van der Waals surface area contributed by atoms with Gasteiger partial charge in [0, 0.05) is 31.5 Å². The predicted molar refractivity (Wildman–Crippen MR) is 151 cm³/mol. The van der Waals surface area contributed by atoms with E-state index in [1.807, 2.05) is 43.3 Å². The zero-order chi connectivity index (χ0) is 27.8. The van der Waals surface area contributed by atoms with E-state index in [2.05, 4.69) is 11.8 Å². The van der Waals surface area contributed by atoms with Gasteiger partial charge in [0.2, 0.25) is 10.0 Å². The van der Waals surface area contributed by atoms with Crippen molar-refractivity contribution in [2.45, 2.75) is 24.7 Å². The summed E-state index contributed by atoms with van der Waals surface area (Å²) in [4.78, 5) is 0.272. The molecule has 0 heterocycles. The fourth-order valence-electron chi connectivity index (χ4n) is 4.38. The molecule has 0 spiro atoms. The maximum Gasteiger partial charge on any atom is 0.240 e. The van der Waals surface area contributed by atoms with Crippen LogP contribution in [0.4, 0.5) is 5.69 Å². The molecule has 9 heteroatoms. The van der Waals surface area contributed by atoms with Crippen LogP contribution in [0.1, 0.15) is 17.5 Å². The number of aryl methyl sites for hydroxylation is 1. The van der Waals surface area contributed by atoms with Crippen LogP contribution in [0.25, 0.3) is 0 Å². The van der Waals surface area contributed by atoms with Gasteiger partial charge in [-0.25, -0.2) is 13.1 Å². The van der Waals surface area contributed by atoms with E-state index in [1.54, 1.807) is 52.7 Å². The SMILES string of the molecule is COc1ccc(CC[N+](C)(CCCNS(=O)(=O)c2ccc(C)cc2)c2ccc(OC)c(OC)c2)cc1OC. The van der Waals surface area contributed by atoms with E-state index in [1.165, 1.54) is 0 Å². The molecule has 1 unspecified atom stereocenters. The number of ether oxygens (including phenoxy) is 4. The number of sulfonamides is 1. The van der Waals surface area contributed by atoms with Gasteiger partial charge in [0.15, 0.2) is 23.0 Å². The number of hydrogen-bond acceptors (Lipinski definition) is 6. The van der Waals surface area contributed by atoms with Crippen molar-refractivity contribution in [3.05, 3.63) is 71.8 Å². The van der Waals surface area contributed by atoms with Gasteiger partial charge in [-0.1, -0.05) is 23.8 Å². The zero-order valence-electron chi connectivity index (χ0n) is 23.1. The fourth-order valence-corrected chi connectivity index (χ4v) is 5.45. The van der Waals surface area contributed by atoms with Crippen LogP contribution in [0, 0.1) is 6.92 Å². The molecule has 0 aliphatic carbocycles. The van der Waals surface area contributed by atoms with Crippen molar-refractivity contribution in [3.63, 3.8) is 0 Å². The van der Waals surface area contributed by atoms with E-state index in [9.17, 15) is 8.42 Å². The van der Waals surface area contributed by atoms with E-state index < -0.39 is 10.0 Å². The Balaban J connectivity index is 1.78. The number of rotatable bonds is 14. The van der Waals surface area contributed by atoms with Crippen LogP contribution in [0.15, 0.2) is 65.6 Å². The second kappa shape index (κ2) is 13.0. The van der Waals surface area contributed by atoms with Crippen LogP contribution in [-0.2, 0) is 16.4 Å². The largest absolute Gasteiger partial charge is 0.493 e. The molecule has 0 fully saturated rings. The molecule has 0 aliphatic heterocycles. The zero-order valence-corrected chi connectivity index (χ0v) is 23.9. The van der Waals surface area contributed by atoms with Crippen LogP contribution in [-0.4, -0.2) is 63.5 Å². The Morgan fingerprint density at radius 2 is 1.32 bits per heavy atom. The predicted octanol–water partition coefficient (Wildman–Crippen LogP) is 4.58. The number of methoxy groups -OCH3 is 4. The van der Waals surface area contributed by atoms with Gasteiger partial charge in [-0.05, 0) is 42.8 Å². The first-order chi connectivity index (χ1) is 18.2. The number of quaternary nitrogens is 1. The second-order valence-electron chi connectivity index (χ2n) is 9.39. The summed E-state index contributed by atoms with van der Waals surface area (Å²) in [7, 11) is 5.06. The molecule has 0 saturated heterocycles. The highest BCUT2D eigenvalue weighted by atomic mass is 32.2. The summed E-state index contributed by atoms with van der Waals surface area (Å²) < 4.78 is 50.7. The molecule has 8 nitrogen and oxygen atoms in total. The van der Waals surface area contributed by atoms with E-state index >= 15 is 0 Å². The van der Waals surface area contributed by atoms with Crippen molar-refractivity contribution in [1.82, 2.24) is 9.21 Å². The van der Waals surface area contributed by atoms with Crippen LogP contribution >= 0.6 is 0 Å². The van der Waals surface area contributed by atoms with Crippen LogP contribution in [0.3, 0.4) is 0 Å². The van der Waals surface area contributed by atoms with Gasteiger partial charge in [-0.15, -0.1) is 0 Å². The molecule has 0 saturated carbocycles. The first kappa shape index (κ1) is 29.3. The Bertz CT molecular complexity index is 1310. The van der Waals surface area contributed by atoms with Crippen molar-refractivity contribution >= 4 is 15.7 Å². The molecule has 1 atom stereocenters. The highest BCUT2D eigenvalue weighted by Gasteiger charge is 2.27. The summed E-state index contributed by atoms with van der Waals surface area (Å²) >= 11 is 0. The molecule has 3 aromatic rings. The second-order valence-corrected chi connectivity index (χ2v) is 11.2. The molecule has 0 bridgehead atoms. The summed E-state index contributed by atoms with van der Waals surface area (Å²) in [6.45, 7) is 3.74. The Labute approximate surface area is 226 Å². The number of benzene rings is 3. The van der Waals surface area contributed by atoms with Crippen LogP contribution in [0.5, 0.6) is 23.0 Å². The minimum absolute atomic E-state index is 0.272. The standard InChI is InChI=1S/C29H39N2O6S/c1-22-8-12-25(13-9-22)38(32,33)30-17-7-18-31(2,24-11-15-27(35-4)29(21-24)37-6)19-16-23-10-14-26(34-3)28(20-23)36-5/h8-15,20-21,30H,7,16-19H2,1-6H3/q+1. The number of nitrogens with zero attached hydrogens (tertiary/aromatic N) is 1.